The van der Waals surface area contributed by atoms with Crippen LogP contribution in [0.5, 0.6) is 5.75 Å². The first-order valence-corrected chi connectivity index (χ1v) is 6.62. The zero-order chi connectivity index (χ0) is 16.3. The van der Waals surface area contributed by atoms with E-state index >= 15 is 0 Å². The number of benzene rings is 2. The van der Waals surface area contributed by atoms with Crippen LogP contribution in [-0.4, -0.2) is 12.0 Å². The fourth-order valence-corrected chi connectivity index (χ4v) is 1.77. The molecule has 0 radical (unpaired) electrons. The zero-order valence-corrected chi connectivity index (χ0v) is 12.3. The Morgan fingerprint density at radius 3 is 2.27 bits per heavy atom. The van der Waals surface area contributed by atoms with Crippen molar-refractivity contribution in [3.05, 3.63) is 58.3 Å². The molecule has 0 aliphatic carbocycles. The van der Waals surface area contributed by atoms with Gasteiger partial charge in [0.05, 0.1) is 10.0 Å². The average Bonchev–Trinajstić information content (AvgIpc) is 2.45. The van der Waals surface area contributed by atoms with Gasteiger partial charge in [-0.15, -0.1) is 0 Å². The van der Waals surface area contributed by atoms with E-state index in [1.165, 1.54) is 18.2 Å². The van der Waals surface area contributed by atoms with Crippen LogP contribution in [0, 0.1) is 5.82 Å². The van der Waals surface area contributed by atoms with Crippen LogP contribution in [0.1, 0.15) is 0 Å². The summed E-state index contributed by atoms with van der Waals surface area (Å²) in [5, 5.41) is 2.27. The Labute approximate surface area is 133 Å². The molecule has 0 saturated carbocycles. The van der Waals surface area contributed by atoms with Crippen LogP contribution in [0.25, 0.3) is 0 Å². The van der Waals surface area contributed by atoms with Crippen LogP contribution in [0.4, 0.5) is 18.9 Å². The highest BCUT2D eigenvalue weighted by molar-refractivity contribution is 6.42. The van der Waals surface area contributed by atoms with Crippen molar-refractivity contribution in [3.8, 4) is 5.75 Å². The highest BCUT2D eigenvalue weighted by atomic mass is 35.5. The number of nitrogens with one attached hydrogen (secondary N) is 1. The van der Waals surface area contributed by atoms with Gasteiger partial charge in [0.1, 0.15) is 11.6 Å². The van der Waals surface area contributed by atoms with Crippen molar-refractivity contribution >= 4 is 34.8 Å². The van der Waals surface area contributed by atoms with E-state index in [4.69, 9.17) is 23.2 Å². The highest BCUT2D eigenvalue weighted by Gasteiger charge is 2.42. The number of hydrogen-bond acceptors (Lipinski definition) is 2. The summed E-state index contributed by atoms with van der Waals surface area (Å²) in [7, 11) is 0. The van der Waals surface area contributed by atoms with Gasteiger partial charge >= 0.3 is 12.0 Å². The van der Waals surface area contributed by atoms with Gasteiger partial charge < -0.3 is 10.1 Å². The number of rotatable bonds is 4. The Kier molecular flexibility index (Phi) is 4.83. The Bertz CT molecular complexity index is 693. The number of hydrogen-bond donors (Lipinski definition) is 1. The molecule has 0 atom stereocenters. The summed E-state index contributed by atoms with van der Waals surface area (Å²) in [5.74, 6) is -2.66. The molecule has 0 aliphatic rings. The molecular weight excluding hydrogens is 342 g/mol. The lowest BCUT2D eigenvalue weighted by Crippen LogP contribution is -2.39. The van der Waals surface area contributed by atoms with E-state index < -0.39 is 17.8 Å². The Hall–Kier alpha value is -1.92. The Morgan fingerprint density at radius 1 is 1.05 bits per heavy atom. The average molecular weight is 350 g/mol. The molecule has 0 bridgehead atoms. The van der Waals surface area contributed by atoms with Gasteiger partial charge in [0, 0.05) is 5.69 Å². The number of alkyl halides is 2. The molecule has 0 spiro atoms. The SMILES string of the molecule is O=C(Nc1ccc(Cl)c(Cl)c1)C(F)(F)Oc1ccc(F)cc1. The molecule has 2 aromatic rings. The first-order chi connectivity index (χ1) is 10.3. The summed E-state index contributed by atoms with van der Waals surface area (Å²) in [4.78, 5) is 11.6. The molecule has 0 aromatic heterocycles. The standard InChI is InChI=1S/C14H8Cl2F3NO2/c15-11-6-3-9(7-12(11)16)20-13(21)14(18,19)22-10-4-1-8(17)2-5-10/h1-7H,(H,20,21). The fourth-order valence-electron chi connectivity index (χ4n) is 1.47. The first-order valence-electron chi connectivity index (χ1n) is 5.87. The maximum atomic E-state index is 13.7. The molecule has 22 heavy (non-hydrogen) atoms. The van der Waals surface area contributed by atoms with Gasteiger partial charge in [0.25, 0.3) is 0 Å². The van der Waals surface area contributed by atoms with Crippen LogP contribution in [0.15, 0.2) is 42.5 Å². The number of carbonyl (C=O) groups is 1. The third kappa shape index (κ3) is 4.05. The van der Waals surface area contributed by atoms with Crippen molar-refractivity contribution in [3.63, 3.8) is 0 Å². The molecule has 0 unspecified atom stereocenters. The summed E-state index contributed by atoms with van der Waals surface area (Å²) >= 11 is 11.4. The predicted octanol–water partition coefficient (Wildman–Crippen LogP) is 4.74. The van der Waals surface area contributed by atoms with Gasteiger partial charge in [-0.05, 0) is 42.5 Å². The lowest BCUT2D eigenvalue weighted by molar-refractivity contribution is -0.187. The quantitative estimate of drug-likeness (QED) is 0.865. The fraction of sp³-hybridized carbons (Fsp3) is 0.0714. The molecule has 1 amide bonds. The van der Waals surface area contributed by atoms with E-state index in [2.05, 4.69) is 4.74 Å². The van der Waals surface area contributed by atoms with Gasteiger partial charge in [-0.25, -0.2) is 4.39 Å². The lowest BCUT2D eigenvalue weighted by Gasteiger charge is -2.17. The number of anilines is 1. The number of ether oxygens (including phenoxy) is 1. The third-order valence-electron chi connectivity index (χ3n) is 2.50. The minimum Gasteiger partial charge on any atom is -0.425 e. The topological polar surface area (TPSA) is 38.3 Å². The minimum atomic E-state index is -4.15. The monoisotopic (exact) mass is 349 g/mol. The largest absolute Gasteiger partial charge is 0.482 e. The number of halogens is 5. The molecule has 0 fully saturated rings. The molecule has 3 nitrogen and oxygen atoms in total. The Balaban J connectivity index is 2.09. The van der Waals surface area contributed by atoms with Crippen LogP contribution in [0.3, 0.4) is 0 Å². The predicted molar refractivity (Wildman–Crippen MR) is 77.1 cm³/mol. The van der Waals surface area contributed by atoms with Gasteiger partial charge in [-0.2, -0.15) is 8.78 Å². The van der Waals surface area contributed by atoms with Crippen LogP contribution >= 0.6 is 23.2 Å². The molecule has 116 valence electrons. The van der Waals surface area contributed by atoms with Gasteiger partial charge in [-0.1, -0.05) is 23.2 Å². The number of carbonyl (C=O) groups excluding carboxylic acids is 1. The lowest BCUT2D eigenvalue weighted by atomic mass is 10.3. The van der Waals surface area contributed by atoms with Crippen molar-refractivity contribution in [2.75, 3.05) is 5.32 Å². The van der Waals surface area contributed by atoms with Crippen LogP contribution in [-0.2, 0) is 4.79 Å². The van der Waals surface area contributed by atoms with Crippen molar-refractivity contribution in [2.24, 2.45) is 0 Å². The summed E-state index contributed by atoms with van der Waals surface area (Å²) in [6, 6.07) is 7.70. The number of amides is 1. The Morgan fingerprint density at radius 2 is 1.68 bits per heavy atom. The normalized spacial score (nSPS) is 11.1. The van der Waals surface area contributed by atoms with Crippen molar-refractivity contribution < 1.29 is 22.7 Å². The summed E-state index contributed by atoms with van der Waals surface area (Å²) < 4.78 is 44.3. The van der Waals surface area contributed by atoms with E-state index in [9.17, 15) is 18.0 Å². The molecule has 0 heterocycles. The van der Waals surface area contributed by atoms with E-state index in [0.29, 0.717) is 0 Å². The van der Waals surface area contributed by atoms with Crippen molar-refractivity contribution in [1.29, 1.82) is 0 Å². The van der Waals surface area contributed by atoms with Crippen molar-refractivity contribution in [2.45, 2.75) is 6.11 Å². The molecule has 0 saturated heterocycles. The molecule has 1 N–H and O–H groups in total. The highest BCUT2D eigenvalue weighted by Crippen LogP contribution is 2.27. The maximum absolute atomic E-state index is 13.7. The minimum absolute atomic E-state index is 0.0294. The second-order valence-electron chi connectivity index (χ2n) is 4.16. The molecule has 8 heteroatoms. The van der Waals surface area contributed by atoms with E-state index in [0.717, 1.165) is 24.3 Å². The van der Waals surface area contributed by atoms with Crippen LogP contribution < -0.4 is 10.1 Å². The van der Waals surface area contributed by atoms with Crippen LogP contribution in [0.2, 0.25) is 10.0 Å². The second-order valence-corrected chi connectivity index (χ2v) is 4.97. The van der Waals surface area contributed by atoms with Gasteiger partial charge in [0.15, 0.2) is 0 Å². The van der Waals surface area contributed by atoms with E-state index in [-0.39, 0.29) is 21.5 Å². The van der Waals surface area contributed by atoms with E-state index in [1.807, 2.05) is 5.32 Å². The second kappa shape index (κ2) is 6.46. The smallest absolute Gasteiger partial charge is 0.425 e. The summed E-state index contributed by atoms with van der Waals surface area (Å²) in [6.07, 6.45) is -4.15. The summed E-state index contributed by atoms with van der Waals surface area (Å²) in [6.45, 7) is 0. The first kappa shape index (κ1) is 16.5. The molecule has 2 aromatic carbocycles. The molecule has 0 aliphatic heterocycles. The summed E-state index contributed by atoms with van der Waals surface area (Å²) in [5.41, 5.74) is 0.0294. The van der Waals surface area contributed by atoms with Gasteiger partial charge in [0.2, 0.25) is 0 Å². The van der Waals surface area contributed by atoms with E-state index in [1.54, 1.807) is 0 Å². The third-order valence-corrected chi connectivity index (χ3v) is 3.24. The molecule has 2 rings (SSSR count). The zero-order valence-electron chi connectivity index (χ0n) is 10.7. The van der Waals surface area contributed by atoms with Gasteiger partial charge in [-0.3, -0.25) is 4.79 Å². The maximum Gasteiger partial charge on any atom is 0.482 e. The molecular formula is C14H8Cl2F3NO2. The van der Waals surface area contributed by atoms with Crippen molar-refractivity contribution in [1.82, 2.24) is 0 Å².